The SMILES string of the molecule is Cc1c(F)cc(C(=O)O)cc1-c1ccco1. The summed E-state index contributed by atoms with van der Waals surface area (Å²) < 4.78 is 18.6. The molecule has 0 saturated carbocycles. The molecule has 1 aromatic heterocycles. The van der Waals surface area contributed by atoms with E-state index in [4.69, 9.17) is 9.52 Å². The third-order valence-corrected chi connectivity index (χ3v) is 2.38. The number of carboxylic acid groups (broad SMARTS) is 1. The number of halogens is 1. The minimum atomic E-state index is -1.16. The minimum absolute atomic E-state index is 0.0884. The van der Waals surface area contributed by atoms with Crippen molar-refractivity contribution in [3.05, 3.63) is 47.5 Å². The van der Waals surface area contributed by atoms with Crippen molar-refractivity contribution >= 4 is 5.97 Å². The van der Waals surface area contributed by atoms with Crippen LogP contribution in [0.3, 0.4) is 0 Å². The van der Waals surface area contributed by atoms with E-state index in [1.165, 1.54) is 12.3 Å². The smallest absolute Gasteiger partial charge is 0.335 e. The summed E-state index contributed by atoms with van der Waals surface area (Å²) in [5.74, 6) is -1.25. The Bertz CT molecular complexity index is 529. The number of hydrogen-bond acceptors (Lipinski definition) is 2. The van der Waals surface area contributed by atoms with Crippen LogP contribution in [0.5, 0.6) is 0 Å². The zero-order valence-electron chi connectivity index (χ0n) is 8.53. The van der Waals surface area contributed by atoms with Crippen LogP contribution in [0.15, 0.2) is 34.9 Å². The van der Waals surface area contributed by atoms with Crippen LogP contribution in [0.1, 0.15) is 15.9 Å². The molecule has 0 unspecified atom stereocenters. The van der Waals surface area contributed by atoms with Gasteiger partial charge in [-0.15, -0.1) is 0 Å². The first kappa shape index (κ1) is 10.4. The molecule has 0 aliphatic rings. The summed E-state index contributed by atoms with van der Waals surface area (Å²) in [5, 5.41) is 8.82. The van der Waals surface area contributed by atoms with E-state index in [9.17, 15) is 9.18 Å². The van der Waals surface area contributed by atoms with Crippen LogP contribution < -0.4 is 0 Å². The standard InChI is InChI=1S/C12H9FO3/c1-7-9(11-3-2-4-16-11)5-8(12(14)15)6-10(7)13/h2-6H,1H3,(H,14,15). The summed E-state index contributed by atoms with van der Waals surface area (Å²) in [6.07, 6.45) is 1.46. The Morgan fingerprint density at radius 1 is 1.44 bits per heavy atom. The van der Waals surface area contributed by atoms with Gasteiger partial charge in [-0.25, -0.2) is 9.18 Å². The van der Waals surface area contributed by atoms with Crippen molar-refractivity contribution in [3.63, 3.8) is 0 Å². The van der Waals surface area contributed by atoms with Gasteiger partial charge in [0.1, 0.15) is 11.6 Å². The van der Waals surface area contributed by atoms with Crippen LogP contribution in [0.2, 0.25) is 0 Å². The van der Waals surface area contributed by atoms with Gasteiger partial charge in [0.25, 0.3) is 0 Å². The molecular formula is C12H9FO3. The quantitative estimate of drug-likeness (QED) is 0.845. The number of hydrogen-bond donors (Lipinski definition) is 1. The van der Waals surface area contributed by atoms with Gasteiger partial charge in [-0.3, -0.25) is 0 Å². The highest BCUT2D eigenvalue weighted by Gasteiger charge is 2.14. The van der Waals surface area contributed by atoms with Gasteiger partial charge >= 0.3 is 5.97 Å². The lowest BCUT2D eigenvalue weighted by Gasteiger charge is -2.05. The summed E-state index contributed by atoms with van der Waals surface area (Å²) in [7, 11) is 0. The van der Waals surface area contributed by atoms with Crippen LogP contribution in [-0.4, -0.2) is 11.1 Å². The molecule has 0 fully saturated rings. The molecular weight excluding hydrogens is 211 g/mol. The zero-order valence-corrected chi connectivity index (χ0v) is 8.53. The summed E-state index contributed by atoms with van der Waals surface area (Å²) in [4.78, 5) is 10.8. The van der Waals surface area contributed by atoms with Crippen LogP contribution in [-0.2, 0) is 0 Å². The normalized spacial score (nSPS) is 10.4. The van der Waals surface area contributed by atoms with Gasteiger partial charge in [0.15, 0.2) is 0 Å². The first-order chi connectivity index (χ1) is 7.59. The number of carbonyl (C=O) groups is 1. The number of furan rings is 1. The Morgan fingerprint density at radius 2 is 2.19 bits per heavy atom. The fraction of sp³-hybridized carbons (Fsp3) is 0.0833. The highest BCUT2D eigenvalue weighted by Crippen LogP contribution is 2.27. The van der Waals surface area contributed by atoms with Crippen molar-refractivity contribution < 1.29 is 18.7 Å². The van der Waals surface area contributed by atoms with E-state index in [-0.39, 0.29) is 5.56 Å². The zero-order chi connectivity index (χ0) is 11.7. The highest BCUT2D eigenvalue weighted by molar-refractivity contribution is 5.89. The molecule has 0 atom stereocenters. The van der Waals surface area contributed by atoms with Crippen molar-refractivity contribution in [1.82, 2.24) is 0 Å². The first-order valence-electron chi connectivity index (χ1n) is 4.67. The van der Waals surface area contributed by atoms with E-state index in [2.05, 4.69) is 0 Å². The van der Waals surface area contributed by atoms with Gasteiger partial charge in [-0.1, -0.05) is 0 Å². The molecule has 0 amide bonds. The molecule has 1 N–H and O–H groups in total. The van der Waals surface area contributed by atoms with E-state index >= 15 is 0 Å². The predicted molar refractivity (Wildman–Crippen MR) is 55.8 cm³/mol. The molecule has 16 heavy (non-hydrogen) atoms. The monoisotopic (exact) mass is 220 g/mol. The van der Waals surface area contributed by atoms with Crippen molar-refractivity contribution in [3.8, 4) is 11.3 Å². The van der Waals surface area contributed by atoms with Crippen molar-refractivity contribution in [2.75, 3.05) is 0 Å². The fourth-order valence-electron chi connectivity index (χ4n) is 1.49. The molecule has 4 heteroatoms. The van der Waals surface area contributed by atoms with E-state index < -0.39 is 11.8 Å². The number of rotatable bonds is 2. The lowest BCUT2D eigenvalue weighted by Crippen LogP contribution is -1.99. The van der Waals surface area contributed by atoms with Gasteiger partial charge in [-0.2, -0.15) is 0 Å². The maximum absolute atomic E-state index is 13.5. The van der Waals surface area contributed by atoms with E-state index in [0.717, 1.165) is 6.07 Å². The molecule has 0 aliphatic carbocycles. The van der Waals surface area contributed by atoms with Crippen molar-refractivity contribution in [1.29, 1.82) is 0 Å². The number of aromatic carboxylic acids is 1. The Balaban J connectivity index is 2.65. The molecule has 0 spiro atoms. The van der Waals surface area contributed by atoms with E-state index in [1.807, 2.05) is 0 Å². The second-order valence-corrected chi connectivity index (χ2v) is 3.41. The van der Waals surface area contributed by atoms with Crippen LogP contribution in [0.4, 0.5) is 4.39 Å². The molecule has 2 rings (SSSR count). The molecule has 0 radical (unpaired) electrons. The molecule has 1 aromatic carbocycles. The lowest BCUT2D eigenvalue weighted by molar-refractivity contribution is 0.0696. The third-order valence-electron chi connectivity index (χ3n) is 2.38. The summed E-state index contributed by atoms with van der Waals surface area (Å²) in [5.41, 5.74) is 0.747. The molecule has 3 nitrogen and oxygen atoms in total. The van der Waals surface area contributed by atoms with Crippen molar-refractivity contribution in [2.24, 2.45) is 0 Å². The highest BCUT2D eigenvalue weighted by atomic mass is 19.1. The van der Waals surface area contributed by atoms with E-state index in [0.29, 0.717) is 16.9 Å². The van der Waals surface area contributed by atoms with E-state index in [1.54, 1.807) is 19.1 Å². The van der Waals surface area contributed by atoms with Crippen LogP contribution >= 0.6 is 0 Å². The van der Waals surface area contributed by atoms with Gasteiger partial charge in [-0.05, 0) is 36.8 Å². The number of benzene rings is 1. The molecule has 0 saturated heterocycles. The Labute approximate surface area is 91.1 Å². The summed E-state index contributed by atoms with van der Waals surface area (Å²) >= 11 is 0. The molecule has 82 valence electrons. The maximum Gasteiger partial charge on any atom is 0.335 e. The maximum atomic E-state index is 13.5. The topological polar surface area (TPSA) is 50.4 Å². The van der Waals surface area contributed by atoms with Gasteiger partial charge < -0.3 is 9.52 Å². The first-order valence-corrected chi connectivity index (χ1v) is 4.67. The van der Waals surface area contributed by atoms with Crippen LogP contribution in [0.25, 0.3) is 11.3 Å². The van der Waals surface area contributed by atoms with Gasteiger partial charge in [0.05, 0.1) is 11.8 Å². The Hall–Kier alpha value is -2.10. The minimum Gasteiger partial charge on any atom is -0.478 e. The average molecular weight is 220 g/mol. The number of carboxylic acids is 1. The predicted octanol–water partition coefficient (Wildman–Crippen LogP) is 3.09. The van der Waals surface area contributed by atoms with Gasteiger partial charge in [0, 0.05) is 5.56 Å². The Kier molecular flexibility index (Phi) is 2.48. The second-order valence-electron chi connectivity index (χ2n) is 3.41. The third kappa shape index (κ3) is 1.69. The lowest BCUT2D eigenvalue weighted by atomic mass is 10.0. The summed E-state index contributed by atoms with van der Waals surface area (Å²) in [6, 6.07) is 5.73. The molecule has 1 heterocycles. The summed E-state index contributed by atoms with van der Waals surface area (Å²) in [6.45, 7) is 1.58. The fourth-order valence-corrected chi connectivity index (χ4v) is 1.49. The molecule has 0 aliphatic heterocycles. The second kappa shape index (κ2) is 3.81. The molecule has 2 aromatic rings. The largest absolute Gasteiger partial charge is 0.478 e. The van der Waals surface area contributed by atoms with Crippen molar-refractivity contribution in [2.45, 2.75) is 6.92 Å². The molecule has 0 bridgehead atoms. The average Bonchev–Trinajstić information content (AvgIpc) is 2.74. The van der Waals surface area contributed by atoms with Gasteiger partial charge in [0.2, 0.25) is 0 Å². The van der Waals surface area contributed by atoms with Crippen LogP contribution in [0, 0.1) is 12.7 Å². The Morgan fingerprint density at radius 3 is 2.75 bits per heavy atom.